The van der Waals surface area contributed by atoms with Crippen molar-refractivity contribution in [1.29, 1.82) is 0 Å². The van der Waals surface area contributed by atoms with Crippen molar-refractivity contribution in [3.8, 4) is 0 Å². The molecule has 18 heavy (non-hydrogen) atoms. The number of nitrogens with zero attached hydrogens (tertiary/aromatic N) is 1. The first-order chi connectivity index (χ1) is 8.43. The number of nitrogens with one attached hydrogen (secondary N) is 1. The predicted octanol–water partition coefficient (Wildman–Crippen LogP) is 1.27. The molecule has 0 aromatic heterocycles. The molecule has 0 saturated carbocycles. The number of hydrogen-bond donors (Lipinski definition) is 2. The number of alkyl halides is 3. The number of anilines is 1. The predicted molar refractivity (Wildman–Crippen MR) is 59.5 cm³/mol. The Morgan fingerprint density at radius 1 is 1.39 bits per heavy atom. The van der Waals surface area contributed by atoms with Crippen molar-refractivity contribution < 1.29 is 18.0 Å². The van der Waals surface area contributed by atoms with Crippen LogP contribution in [0, 0.1) is 0 Å². The molecule has 0 bridgehead atoms. The van der Waals surface area contributed by atoms with Gasteiger partial charge in [-0.05, 0) is 24.6 Å². The first-order valence-electron chi connectivity index (χ1n) is 5.38. The topological polar surface area (TPSA) is 58.4 Å². The summed E-state index contributed by atoms with van der Waals surface area (Å²) in [6.07, 6.45) is -3.93. The van der Waals surface area contributed by atoms with E-state index in [1.54, 1.807) is 0 Å². The summed E-state index contributed by atoms with van der Waals surface area (Å²) >= 11 is 0. The number of carbonyl (C=O) groups excluding carboxylic acids is 1. The van der Waals surface area contributed by atoms with Gasteiger partial charge in [-0.25, -0.2) is 5.43 Å². The molecule has 1 aromatic carbocycles. The molecule has 4 nitrogen and oxygen atoms in total. The molecule has 1 atom stereocenters. The van der Waals surface area contributed by atoms with Crippen LogP contribution in [0.2, 0.25) is 0 Å². The fourth-order valence-corrected chi connectivity index (χ4v) is 1.94. The molecule has 1 aromatic rings. The largest absolute Gasteiger partial charge is 0.416 e. The van der Waals surface area contributed by atoms with E-state index in [0.29, 0.717) is 13.0 Å². The molecule has 1 saturated heterocycles. The molecule has 0 radical (unpaired) electrons. The van der Waals surface area contributed by atoms with E-state index in [1.807, 2.05) is 0 Å². The highest BCUT2D eigenvalue weighted by atomic mass is 19.4. The summed E-state index contributed by atoms with van der Waals surface area (Å²) in [6.45, 7) is 0.356. The Hall–Kier alpha value is -1.60. The third-order valence-electron chi connectivity index (χ3n) is 2.89. The van der Waals surface area contributed by atoms with Crippen LogP contribution in [0.1, 0.15) is 12.0 Å². The summed E-state index contributed by atoms with van der Waals surface area (Å²) in [4.78, 5) is 13.1. The average Bonchev–Trinajstić information content (AvgIpc) is 2.69. The van der Waals surface area contributed by atoms with E-state index in [0.717, 1.165) is 12.1 Å². The Bertz CT molecular complexity index is 461. The van der Waals surface area contributed by atoms with Gasteiger partial charge in [-0.1, -0.05) is 6.07 Å². The van der Waals surface area contributed by atoms with Crippen molar-refractivity contribution in [1.82, 2.24) is 5.43 Å². The second-order valence-electron chi connectivity index (χ2n) is 4.05. The highest BCUT2D eigenvalue weighted by Gasteiger charge is 2.34. The Labute approximate surface area is 102 Å². The van der Waals surface area contributed by atoms with Gasteiger partial charge < -0.3 is 4.90 Å². The first-order valence-corrected chi connectivity index (χ1v) is 5.38. The lowest BCUT2D eigenvalue weighted by Crippen LogP contribution is -2.42. The SMILES string of the molecule is NNC1CCN(c2cccc(C(F)(F)F)c2)C1=O. The standard InChI is InChI=1S/C11H12F3N3O/c12-11(13,14)7-2-1-3-8(6-7)17-5-4-9(16-15)10(17)18/h1-3,6,9,16H,4-5,15H2. The molecule has 1 heterocycles. The van der Waals surface area contributed by atoms with Crippen molar-refractivity contribution in [2.45, 2.75) is 18.6 Å². The molecule has 2 rings (SSSR count). The van der Waals surface area contributed by atoms with Gasteiger partial charge in [0, 0.05) is 12.2 Å². The summed E-state index contributed by atoms with van der Waals surface area (Å²) in [7, 11) is 0. The fraction of sp³-hybridized carbons (Fsp3) is 0.364. The molecular formula is C11H12F3N3O. The minimum Gasteiger partial charge on any atom is -0.311 e. The molecule has 1 amide bonds. The van der Waals surface area contributed by atoms with Gasteiger partial charge in [0.05, 0.1) is 5.56 Å². The summed E-state index contributed by atoms with van der Waals surface area (Å²) in [6, 6.07) is 4.18. The van der Waals surface area contributed by atoms with Crippen molar-refractivity contribution in [2.75, 3.05) is 11.4 Å². The molecule has 0 aliphatic carbocycles. The maximum absolute atomic E-state index is 12.6. The van der Waals surface area contributed by atoms with Crippen LogP contribution >= 0.6 is 0 Å². The van der Waals surface area contributed by atoms with Gasteiger partial charge in [-0.2, -0.15) is 13.2 Å². The van der Waals surface area contributed by atoms with Gasteiger partial charge >= 0.3 is 6.18 Å². The lowest BCUT2D eigenvalue weighted by Gasteiger charge is -2.18. The summed E-state index contributed by atoms with van der Waals surface area (Å²) < 4.78 is 37.7. The van der Waals surface area contributed by atoms with Crippen LogP contribution < -0.4 is 16.2 Å². The second-order valence-corrected chi connectivity index (χ2v) is 4.05. The third kappa shape index (κ3) is 2.32. The summed E-state index contributed by atoms with van der Waals surface area (Å²) in [5, 5.41) is 0. The van der Waals surface area contributed by atoms with Crippen LogP contribution in [0.4, 0.5) is 18.9 Å². The fourth-order valence-electron chi connectivity index (χ4n) is 1.94. The average molecular weight is 259 g/mol. The maximum atomic E-state index is 12.6. The normalized spacial score (nSPS) is 20.6. The number of halogens is 3. The van der Waals surface area contributed by atoms with E-state index in [4.69, 9.17) is 5.84 Å². The van der Waals surface area contributed by atoms with Gasteiger partial charge in [0.1, 0.15) is 6.04 Å². The van der Waals surface area contributed by atoms with Crippen LogP contribution in [0.5, 0.6) is 0 Å². The van der Waals surface area contributed by atoms with E-state index in [9.17, 15) is 18.0 Å². The minimum absolute atomic E-state index is 0.243. The zero-order valence-electron chi connectivity index (χ0n) is 9.37. The van der Waals surface area contributed by atoms with Gasteiger partial charge in [-0.15, -0.1) is 0 Å². The smallest absolute Gasteiger partial charge is 0.311 e. The van der Waals surface area contributed by atoms with Crippen molar-refractivity contribution in [3.63, 3.8) is 0 Å². The van der Waals surface area contributed by atoms with Crippen LogP contribution in [-0.2, 0) is 11.0 Å². The van der Waals surface area contributed by atoms with Gasteiger partial charge in [0.25, 0.3) is 0 Å². The number of carbonyl (C=O) groups is 1. The van der Waals surface area contributed by atoms with Gasteiger partial charge in [-0.3, -0.25) is 10.6 Å². The van der Waals surface area contributed by atoms with Crippen LogP contribution in [0.25, 0.3) is 0 Å². The minimum atomic E-state index is -4.41. The van der Waals surface area contributed by atoms with Crippen LogP contribution in [-0.4, -0.2) is 18.5 Å². The van der Waals surface area contributed by atoms with Crippen LogP contribution in [0.15, 0.2) is 24.3 Å². The third-order valence-corrected chi connectivity index (χ3v) is 2.89. The lowest BCUT2D eigenvalue weighted by atomic mass is 10.2. The summed E-state index contributed by atoms with van der Waals surface area (Å²) in [5.41, 5.74) is 1.82. The first kappa shape index (κ1) is 12.8. The lowest BCUT2D eigenvalue weighted by molar-refractivity contribution is -0.137. The van der Waals surface area contributed by atoms with E-state index < -0.39 is 17.8 Å². The van der Waals surface area contributed by atoms with Crippen molar-refractivity contribution in [2.24, 2.45) is 5.84 Å². The molecule has 1 fully saturated rings. The number of hydrogen-bond acceptors (Lipinski definition) is 3. The Kier molecular flexibility index (Phi) is 3.27. The van der Waals surface area contributed by atoms with Crippen molar-refractivity contribution >= 4 is 11.6 Å². The Morgan fingerprint density at radius 3 is 2.67 bits per heavy atom. The number of benzene rings is 1. The van der Waals surface area contributed by atoms with Crippen LogP contribution in [0.3, 0.4) is 0 Å². The van der Waals surface area contributed by atoms with E-state index in [2.05, 4.69) is 5.43 Å². The monoisotopic (exact) mass is 259 g/mol. The Morgan fingerprint density at radius 2 is 2.11 bits per heavy atom. The van der Waals surface area contributed by atoms with E-state index >= 15 is 0 Å². The highest BCUT2D eigenvalue weighted by molar-refractivity contribution is 5.99. The quantitative estimate of drug-likeness (QED) is 0.621. The number of nitrogens with two attached hydrogens (primary N) is 1. The number of rotatable bonds is 2. The summed E-state index contributed by atoms with van der Waals surface area (Å²) in [5.74, 6) is 4.88. The molecule has 7 heteroatoms. The van der Waals surface area contributed by atoms with E-state index in [1.165, 1.54) is 17.0 Å². The zero-order valence-corrected chi connectivity index (χ0v) is 9.37. The molecule has 0 spiro atoms. The number of amides is 1. The van der Waals surface area contributed by atoms with Gasteiger partial charge in [0.15, 0.2) is 0 Å². The molecular weight excluding hydrogens is 247 g/mol. The van der Waals surface area contributed by atoms with Gasteiger partial charge in [0.2, 0.25) is 5.91 Å². The number of hydrazine groups is 1. The second kappa shape index (κ2) is 4.58. The van der Waals surface area contributed by atoms with Crippen molar-refractivity contribution in [3.05, 3.63) is 29.8 Å². The highest BCUT2D eigenvalue weighted by Crippen LogP contribution is 2.32. The van der Waals surface area contributed by atoms with E-state index in [-0.39, 0.29) is 11.6 Å². The zero-order chi connectivity index (χ0) is 13.3. The molecule has 1 aliphatic heterocycles. The molecule has 3 N–H and O–H groups in total. The Balaban J connectivity index is 2.27. The molecule has 98 valence electrons. The molecule has 1 aliphatic rings. The molecule has 1 unspecified atom stereocenters. The maximum Gasteiger partial charge on any atom is 0.416 e.